The van der Waals surface area contributed by atoms with Gasteiger partial charge in [0, 0.05) is 11.6 Å². The molecule has 0 bridgehead atoms. The van der Waals surface area contributed by atoms with Crippen molar-refractivity contribution in [3.05, 3.63) is 66.1 Å². The number of carbonyl (C=O) groups is 1. The Hall–Kier alpha value is -3.61. The molecule has 1 heterocycles. The Balaban J connectivity index is 1.63. The lowest BCUT2D eigenvalue weighted by molar-refractivity contribution is -0.143. The summed E-state index contributed by atoms with van der Waals surface area (Å²) < 4.78 is 15.9. The smallest absolute Gasteiger partial charge is 0.331 e. The summed E-state index contributed by atoms with van der Waals surface area (Å²) in [5.41, 5.74) is 1.47. The number of aromatic hydroxyl groups is 1. The Morgan fingerprint density at radius 3 is 2.70 bits per heavy atom. The topological polar surface area (TPSA) is 94.7 Å². The Kier molecular flexibility index (Phi) is 5.51. The van der Waals surface area contributed by atoms with Gasteiger partial charge in [-0.2, -0.15) is 0 Å². The zero-order valence-electron chi connectivity index (χ0n) is 14.8. The first kappa shape index (κ1) is 18.2. The molecule has 0 saturated heterocycles. The minimum Gasteiger partial charge on any atom is -0.504 e. The Bertz CT molecular complexity index is 950. The molecule has 0 saturated carbocycles. The number of hydrogen-bond acceptors (Lipinski definition) is 7. The van der Waals surface area contributed by atoms with Crippen molar-refractivity contribution in [1.82, 2.24) is 10.2 Å². The highest BCUT2D eigenvalue weighted by Gasteiger charge is 2.18. The number of nitrogens with zero attached hydrogens (tertiary/aromatic N) is 2. The number of aromatic nitrogens is 2. The molecule has 3 rings (SSSR count). The molecule has 3 aromatic rings. The van der Waals surface area contributed by atoms with Gasteiger partial charge in [-0.05, 0) is 42.8 Å². The second-order valence-corrected chi connectivity index (χ2v) is 5.66. The maximum Gasteiger partial charge on any atom is 0.331 e. The minimum absolute atomic E-state index is 0.0245. The Labute approximate surface area is 155 Å². The van der Waals surface area contributed by atoms with E-state index in [-0.39, 0.29) is 11.6 Å². The fraction of sp³-hybridized carbons (Fsp3) is 0.150. The molecule has 0 aliphatic heterocycles. The van der Waals surface area contributed by atoms with Gasteiger partial charge in [0.25, 0.3) is 5.89 Å². The van der Waals surface area contributed by atoms with E-state index in [1.165, 1.54) is 19.3 Å². The van der Waals surface area contributed by atoms with Crippen LogP contribution in [0.2, 0.25) is 0 Å². The van der Waals surface area contributed by atoms with Crippen LogP contribution in [0, 0.1) is 0 Å². The molecule has 138 valence electrons. The molecule has 1 aromatic heterocycles. The molecule has 7 heteroatoms. The number of phenolic OH excluding ortho intramolecular Hbond substituents is 1. The van der Waals surface area contributed by atoms with Gasteiger partial charge in [0.1, 0.15) is 0 Å². The van der Waals surface area contributed by atoms with E-state index in [0.717, 1.165) is 5.56 Å². The van der Waals surface area contributed by atoms with E-state index in [0.29, 0.717) is 17.2 Å². The average Bonchev–Trinajstić information content (AvgIpc) is 3.18. The third-order valence-corrected chi connectivity index (χ3v) is 3.72. The largest absolute Gasteiger partial charge is 0.504 e. The fourth-order valence-corrected chi connectivity index (χ4v) is 2.32. The van der Waals surface area contributed by atoms with Crippen LogP contribution in [0.3, 0.4) is 0 Å². The third-order valence-electron chi connectivity index (χ3n) is 3.72. The normalized spacial score (nSPS) is 12.1. The summed E-state index contributed by atoms with van der Waals surface area (Å²) in [6.07, 6.45) is 2.14. The molecule has 27 heavy (non-hydrogen) atoms. The second kappa shape index (κ2) is 8.18. The maximum atomic E-state index is 12.0. The molecule has 0 amide bonds. The van der Waals surface area contributed by atoms with E-state index in [1.807, 2.05) is 30.3 Å². The number of hydrogen-bond donors (Lipinski definition) is 1. The monoisotopic (exact) mass is 366 g/mol. The highest BCUT2D eigenvalue weighted by atomic mass is 16.6. The fourth-order valence-electron chi connectivity index (χ4n) is 2.32. The van der Waals surface area contributed by atoms with Gasteiger partial charge >= 0.3 is 5.97 Å². The molecule has 1 N–H and O–H groups in total. The molecule has 0 radical (unpaired) electrons. The molecule has 7 nitrogen and oxygen atoms in total. The lowest BCUT2D eigenvalue weighted by atomic mass is 10.2. The van der Waals surface area contributed by atoms with Crippen molar-refractivity contribution in [1.29, 1.82) is 0 Å². The SMILES string of the molecule is COc1cc(/C=C/C(=O)O[C@H](C)c2nnc(-c3ccccc3)o2)ccc1O. The van der Waals surface area contributed by atoms with Crippen molar-refractivity contribution in [2.24, 2.45) is 0 Å². The number of esters is 1. The third kappa shape index (κ3) is 4.52. The number of rotatable bonds is 6. The number of phenols is 1. The van der Waals surface area contributed by atoms with Crippen LogP contribution in [0.5, 0.6) is 11.5 Å². The van der Waals surface area contributed by atoms with Crippen molar-refractivity contribution in [3.63, 3.8) is 0 Å². The van der Waals surface area contributed by atoms with Gasteiger partial charge in [0.05, 0.1) is 7.11 Å². The summed E-state index contributed by atoms with van der Waals surface area (Å²) in [4.78, 5) is 12.0. The van der Waals surface area contributed by atoms with Crippen molar-refractivity contribution in [3.8, 4) is 23.0 Å². The molecule has 0 aliphatic carbocycles. The lowest BCUT2D eigenvalue weighted by Gasteiger charge is -2.07. The first-order valence-electron chi connectivity index (χ1n) is 8.21. The van der Waals surface area contributed by atoms with Gasteiger partial charge in [-0.3, -0.25) is 0 Å². The van der Waals surface area contributed by atoms with Crippen molar-refractivity contribution >= 4 is 12.0 Å². The molecule has 1 atom stereocenters. The zero-order chi connectivity index (χ0) is 19.2. The van der Waals surface area contributed by atoms with Crippen LogP contribution in [0.1, 0.15) is 24.5 Å². The molecular weight excluding hydrogens is 348 g/mol. The summed E-state index contributed by atoms with van der Waals surface area (Å²) >= 11 is 0. The van der Waals surface area contributed by atoms with Crippen molar-refractivity contribution in [2.75, 3.05) is 7.11 Å². The molecule has 2 aromatic carbocycles. The number of methoxy groups -OCH3 is 1. The number of benzene rings is 2. The maximum absolute atomic E-state index is 12.0. The summed E-state index contributed by atoms with van der Waals surface area (Å²) in [7, 11) is 1.45. The van der Waals surface area contributed by atoms with E-state index >= 15 is 0 Å². The quantitative estimate of drug-likeness (QED) is 0.524. The summed E-state index contributed by atoms with van der Waals surface area (Å²) in [6, 6.07) is 14.1. The Morgan fingerprint density at radius 2 is 1.96 bits per heavy atom. The molecule has 0 unspecified atom stereocenters. The van der Waals surface area contributed by atoms with Gasteiger partial charge in [-0.25, -0.2) is 4.79 Å². The van der Waals surface area contributed by atoms with Gasteiger partial charge in [-0.1, -0.05) is 24.3 Å². The van der Waals surface area contributed by atoms with Crippen molar-refractivity contribution < 1.29 is 23.8 Å². The van der Waals surface area contributed by atoms with E-state index in [4.69, 9.17) is 13.9 Å². The van der Waals surface area contributed by atoms with Gasteiger partial charge in [0.15, 0.2) is 17.6 Å². The average molecular weight is 366 g/mol. The summed E-state index contributed by atoms with van der Waals surface area (Å²) in [6.45, 7) is 1.65. The second-order valence-electron chi connectivity index (χ2n) is 5.66. The zero-order valence-corrected chi connectivity index (χ0v) is 14.8. The number of ether oxygens (including phenoxy) is 2. The molecule has 0 aliphatic rings. The predicted octanol–water partition coefficient (Wildman–Crippen LogP) is 3.77. The highest BCUT2D eigenvalue weighted by molar-refractivity contribution is 5.87. The van der Waals surface area contributed by atoms with Crippen LogP contribution in [0.4, 0.5) is 0 Å². The molecular formula is C20H18N2O5. The standard InChI is InChI=1S/C20H18N2O5/c1-13(19-21-22-20(27-19)15-6-4-3-5-7-15)26-18(24)11-9-14-8-10-16(23)17(12-14)25-2/h3-13,23H,1-2H3/b11-9+/t13-/m1/s1. The summed E-state index contributed by atoms with van der Waals surface area (Å²) in [5, 5.41) is 17.5. The summed E-state index contributed by atoms with van der Waals surface area (Å²) in [5.74, 6) is 0.353. The van der Waals surface area contributed by atoms with Gasteiger partial charge in [-0.15, -0.1) is 10.2 Å². The van der Waals surface area contributed by atoms with Crippen LogP contribution >= 0.6 is 0 Å². The van der Waals surface area contributed by atoms with Gasteiger partial charge in [0.2, 0.25) is 5.89 Å². The van der Waals surface area contributed by atoms with Crippen LogP contribution in [-0.2, 0) is 9.53 Å². The first-order valence-corrected chi connectivity index (χ1v) is 8.21. The molecule has 0 spiro atoms. The van der Waals surface area contributed by atoms with E-state index in [1.54, 1.807) is 25.1 Å². The number of carbonyl (C=O) groups excluding carboxylic acids is 1. The van der Waals surface area contributed by atoms with Crippen molar-refractivity contribution in [2.45, 2.75) is 13.0 Å². The van der Waals surface area contributed by atoms with Crippen LogP contribution in [-0.4, -0.2) is 28.4 Å². The Morgan fingerprint density at radius 1 is 1.19 bits per heavy atom. The van der Waals surface area contributed by atoms with Gasteiger partial charge < -0.3 is 19.0 Å². The van der Waals surface area contributed by atoms with E-state index in [9.17, 15) is 9.90 Å². The van der Waals surface area contributed by atoms with E-state index in [2.05, 4.69) is 10.2 Å². The first-order chi connectivity index (χ1) is 13.1. The van der Waals surface area contributed by atoms with E-state index < -0.39 is 12.1 Å². The van der Waals surface area contributed by atoms with Crippen LogP contribution in [0.15, 0.2) is 59.0 Å². The predicted molar refractivity (Wildman–Crippen MR) is 97.9 cm³/mol. The lowest BCUT2D eigenvalue weighted by Crippen LogP contribution is -2.06. The van der Waals surface area contributed by atoms with Crippen LogP contribution in [0.25, 0.3) is 17.5 Å². The van der Waals surface area contributed by atoms with Crippen LogP contribution < -0.4 is 4.74 Å². The highest BCUT2D eigenvalue weighted by Crippen LogP contribution is 2.27. The molecule has 0 fully saturated rings. The minimum atomic E-state index is -0.693.